The van der Waals surface area contributed by atoms with Crippen LogP contribution in [0.25, 0.3) is 0 Å². The molecule has 0 unspecified atom stereocenters. The summed E-state index contributed by atoms with van der Waals surface area (Å²) >= 11 is 1.50. The number of aromatic nitrogens is 1. The number of carbonyl (C=O) groups is 2. The molecule has 0 aliphatic heterocycles. The van der Waals surface area contributed by atoms with Crippen molar-refractivity contribution >= 4 is 23.6 Å². The molecule has 1 fully saturated rings. The lowest BCUT2D eigenvalue weighted by molar-refractivity contribution is -0.151. The number of ether oxygens (including phenoxy) is 1. The van der Waals surface area contributed by atoms with E-state index in [4.69, 9.17) is 9.26 Å². The third-order valence-electron chi connectivity index (χ3n) is 4.57. The molecule has 24 heavy (non-hydrogen) atoms. The van der Waals surface area contributed by atoms with Crippen LogP contribution in [0.1, 0.15) is 55.5 Å². The van der Waals surface area contributed by atoms with Gasteiger partial charge in [-0.1, -0.05) is 30.8 Å². The zero-order chi connectivity index (χ0) is 17.6. The average Bonchev–Trinajstić information content (AvgIpc) is 2.77. The molecule has 0 spiro atoms. The van der Waals surface area contributed by atoms with Crippen molar-refractivity contribution in [2.24, 2.45) is 0 Å². The summed E-state index contributed by atoms with van der Waals surface area (Å²) in [6.07, 6.45) is 5.36. The standard InChI is InChI=1S/C17H26N2O4S/c1-12-14(13(2)23-19-12)10-24-11-15(20)18-17(16(21)22-3)8-6-4-5-7-9-17/h4-11H2,1-3H3,(H,18,20). The maximum Gasteiger partial charge on any atom is 0.331 e. The molecule has 0 saturated heterocycles. The van der Waals surface area contributed by atoms with Crippen molar-refractivity contribution in [2.75, 3.05) is 12.9 Å². The quantitative estimate of drug-likeness (QED) is 0.625. The van der Waals surface area contributed by atoms with Gasteiger partial charge in [0, 0.05) is 11.3 Å². The van der Waals surface area contributed by atoms with E-state index >= 15 is 0 Å². The van der Waals surface area contributed by atoms with E-state index in [1.807, 2.05) is 13.8 Å². The molecule has 6 nitrogen and oxygen atoms in total. The van der Waals surface area contributed by atoms with Crippen molar-refractivity contribution in [1.82, 2.24) is 10.5 Å². The van der Waals surface area contributed by atoms with Gasteiger partial charge in [0.15, 0.2) is 0 Å². The Bertz CT molecular complexity index is 558. The predicted molar refractivity (Wildman–Crippen MR) is 92.7 cm³/mol. The zero-order valence-electron chi connectivity index (χ0n) is 14.6. The molecule has 0 aromatic carbocycles. The number of methoxy groups -OCH3 is 1. The van der Waals surface area contributed by atoms with Gasteiger partial charge in [0.1, 0.15) is 11.3 Å². The molecule has 0 bridgehead atoms. The largest absolute Gasteiger partial charge is 0.467 e. The molecule has 7 heteroatoms. The molecule has 2 rings (SSSR count). The second kappa shape index (κ2) is 8.55. The first-order valence-electron chi connectivity index (χ1n) is 8.37. The Balaban J connectivity index is 1.91. The highest BCUT2D eigenvalue weighted by Crippen LogP contribution is 2.28. The summed E-state index contributed by atoms with van der Waals surface area (Å²) in [7, 11) is 1.38. The van der Waals surface area contributed by atoms with Gasteiger partial charge < -0.3 is 14.6 Å². The van der Waals surface area contributed by atoms with Gasteiger partial charge in [-0.2, -0.15) is 0 Å². The van der Waals surface area contributed by atoms with Crippen molar-refractivity contribution in [3.63, 3.8) is 0 Å². The number of amides is 1. The molecule has 1 amide bonds. The first-order valence-corrected chi connectivity index (χ1v) is 9.53. The number of nitrogens with zero attached hydrogens (tertiary/aromatic N) is 1. The highest BCUT2D eigenvalue weighted by molar-refractivity contribution is 7.99. The van der Waals surface area contributed by atoms with E-state index in [0.29, 0.717) is 24.3 Å². The summed E-state index contributed by atoms with van der Waals surface area (Å²) in [5.74, 6) is 1.30. The van der Waals surface area contributed by atoms with Gasteiger partial charge in [-0.15, -0.1) is 11.8 Å². The van der Waals surface area contributed by atoms with E-state index in [2.05, 4.69) is 10.5 Å². The number of carbonyl (C=O) groups excluding carboxylic acids is 2. The van der Waals surface area contributed by atoms with Crippen molar-refractivity contribution in [3.05, 3.63) is 17.0 Å². The topological polar surface area (TPSA) is 81.4 Å². The van der Waals surface area contributed by atoms with Gasteiger partial charge in [-0.3, -0.25) is 4.79 Å². The summed E-state index contributed by atoms with van der Waals surface area (Å²) in [5.41, 5.74) is 1.03. The third-order valence-corrected chi connectivity index (χ3v) is 5.53. The zero-order valence-corrected chi connectivity index (χ0v) is 15.5. The first-order chi connectivity index (χ1) is 11.5. The third kappa shape index (κ3) is 4.53. The molecule has 1 saturated carbocycles. The molecule has 1 aliphatic rings. The number of hydrogen-bond donors (Lipinski definition) is 1. The van der Waals surface area contributed by atoms with E-state index in [0.717, 1.165) is 42.7 Å². The van der Waals surface area contributed by atoms with Crippen molar-refractivity contribution < 1.29 is 18.8 Å². The molecule has 134 valence electrons. The maximum atomic E-state index is 12.4. The lowest BCUT2D eigenvalue weighted by atomic mass is 9.90. The molecular formula is C17H26N2O4S. The minimum atomic E-state index is -0.855. The first kappa shape index (κ1) is 18.8. The van der Waals surface area contributed by atoms with Crippen LogP contribution in [0.5, 0.6) is 0 Å². The molecule has 1 N–H and O–H groups in total. The minimum absolute atomic E-state index is 0.126. The molecule has 0 atom stereocenters. The van der Waals surface area contributed by atoms with E-state index < -0.39 is 5.54 Å². The highest BCUT2D eigenvalue weighted by Gasteiger charge is 2.40. The van der Waals surface area contributed by atoms with Crippen molar-refractivity contribution in [3.8, 4) is 0 Å². The van der Waals surface area contributed by atoms with Crippen LogP contribution in [0.4, 0.5) is 0 Å². The fourth-order valence-corrected chi connectivity index (χ4v) is 4.14. The second-order valence-electron chi connectivity index (χ2n) is 6.33. The highest BCUT2D eigenvalue weighted by atomic mass is 32.2. The normalized spacial score (nSPS) is 17.1. The lowest BCUT2D eigenvalue weighted by Crippen LogP contribution is -2.55. The monoisotopic (exact) mass is 354 g/mol. The fourth-order valence-electron chi connectivity index (χ4n) is 3.16. The Morgan fingerprint density at radius 1 is 1.25 bits per heavy atom. The van der Waals surface area contributed by atoms with Crippen LogP contribution in [-0.2, 0) is 20.1 Å². The van der Waals surface area contributed by atoms with Crippen LogP contribution in [0.3, 0.4) is 0 Å². The van der Waals surface area contributed by atoms with Gasteiger partial charge >= 0.3 is 5.97 Å². The van der Waals surface area contributed by atoms with E-state index in [1.165, 1.54) is 18.9 Å². The Morgan fingerprint density at radius 3 is 2.46 bits per heavy atom. The predicted octanol–water partition coefficient (Wildman–Crippen LogP) is 2.91. The van der Waals surface area contributed by atoms with E-state index in [9.17, 15) is 9.59 Å². The van der Waals surface area contributed by atoms with E-state index in [-0.39, 0.29) is 11.9 Å². The van der Waals surface area contributed by atoms with Gasteiger partial charge in [0.2, 0.25) is 5.91 Å². The Morgan fingerprint density at radius 2 is 1.92 bits per heavy atom. The number of esters is 1. The van der Waals surface area contributed by atoms with Crippen molar-refractivity contribution in [1.29, 1.82) is 0 Å². The lowest BCUT2D eigenvalue weighted by Gasteiger charge is -2.30. The SMILES string of the molecule is COC(=O)C1(NC(=O)CSCc2c(C)noc2C)CCCCCC1. The Labute approximate surface area is 147 Å². The smallest absolute Gasteiger partial charge is 0.331 e. The Hall–Kier alpha value is -1.50. The molecule has 1 aromatic heterocycles. The molecular weight excluding hydrogens is 328 g/mol. The molecule has 1 heterocycles. The number of aryl methyl sites for hydroxylation is 2. The van der Waals surface area contributed by atoms with Gasteiger partial charge in [0.05, 0.1) is 18.6 Å². The molecule has 1 aliphatic carbocycles. The van der Waals surface area contributed by atoms with Crippen LogP contribution in [-0.4, -0.2) is 35.4 Å². The number of hydrogen-bond acceptors (Lipinski definition) is 6. The number of nitrogens with one attached hydrogen (secondary N) is 1. The van der Waals surface area contributed by atoms with Crippen LogP contribution < -0.4 is 5.32 Å². The maximum absolute atomic E-state index is 12.4. The van der Waals surface area contributed by atoms with Gasteiger partial charge in [-0.05, 0) is 26.7 Å². The molecule has 0 radical (unpaired) electrons. The summed E-state index contributed by atoms with van der Waals surface area (Å²) < 4.78 is 10.1. The minimum Gasteiger partial charge on any atom is -0.467 e. The summed E-state index contributed by atoms with van der Waals surface area (Å²) in [4.78, 5) is 24.6. The Kier molecular flexibility index (Phi) is 6.71. The fraction of sp³-hybridized carbons (Fsp3) is 0.706. The van der Waals surface area contributed by atoms with Crippen LogP contribution in [0.15, 0.2) is 4.52 Å². The summed E-state index contributed by atoms with van der Waals surface area (Å²) in [5, 5.41) is 6.87. The van der Waals surface area contributed by atoms with Crippen LogP contribution in [0.2, 0.25) is 0 Å². The van der Waals surface area contributed by atoms with Crippen LogP contribution in [0, 0.1) is 13.8 Å². The second-order valence-corrected chi connectivity index (χ2v) is 7.32. The van der Waals surface area contributed by atoms with Crippen molar-refractivity contribution in [2.45, 2.75) is 63.7 Å². The van der Waals surface area contributed by atoms with Gasteiger partial charge in [-0.25, -0.2) is 4.79 Å². The summed E-state index contributed by atoms with van der Waals surface area (Å²) in [6, 6.07) is 0. The number of thioether (sulfide) groups is 1. The number of rotatable bonds is 6. The van der Waals surface area contributed by atoms with E-state index in [1.54, 1.807) is 0 Å². The average molecular weight is 354 g/mol. The molecule has 1 aromatic rings. The van der Waals surface area contributed by atoms with Crippen LogP contribution >= 0.6 is 11.8 Å². The summed E-state index contributed by atoms with van der Waals surface area (Å²) in [6.45, 7) is 3.76. The van der Waals surface area contributed by atoms with Gasteiger partial charge in [0.25, 0.3) is 0 Å².